The minimum absolute atomic E-state index is 0.557. The molecule has 3 nitrogen and oxygen atoms in total. The van der Waals surface area contributed by atoms with Crippen LogP contribution in [0, 0.1) is 5.92 Å². The first-order valence-corrected chi connectivity index (χ1v) is 6.07. The van der Waals surface area contributed by atoms with Crippen molar-refractivity contribution >= 4 is 11.6 Å². The predicted molar refractivity (Wildman–Crippen MR) is 64.3 cm³/mol. The van der Waals surface area contributed by atoms with Gasteiger partial charge in [0.1, 0.15) is 5.03 Å². The molecule has 0 aromatic carbocycles. The van der Waals surface area contributed by atoms with Crippen molar-refractivity contribution in [2.45, 2.75) is 38.6 Å². The van der Waals surface area contributed by atoms with Crippen LogP contribution in [0.1, 0.15) is 32.6 Å². The van der Waals surface area contributed by atoms with Gasteiger partial charge in [-0.15, -0.1) is 0 Å². The summed E-state index contributed by atoms with van der Waals surface area (Å²) in [5.41, 5.74) is 1.21. The van der Waals surface area contributed by atoms with Crippen molar-refractivity contribution in [2.24, 2.45) is 5.92 Å². The van der Waals surface area contributed by atoms with Gasteiger partial charge in [-0.1, -0.05) is 31.4 Å². The van der Waals surface area contributed by atoms with E-state index in [1.54, 1.807) is 0 Å². The fraction of sp³-hybridized carbons (Fsp3) is 0.833. The number of ether oxygens (including phenoxy) is 3. The van der Waals surface area contributed by atoms with Crippen LogP contribution >= 0.6 is 11.6 Å². The van der Waals surface area contributed by atoms with E-state index in [4.69, 9.17) is 25.8 Å². The third kappa shape index (κ3) is 2.77. The second-order valence-corrected chi connectivity index (χ2v) is 4.43. The average molecular weight is 249 g/mol. The van der Waals surface area contributed by atoms with Gasteiger partial charge in [-0.3, -0.25) is 0 Å². The molecule has 0 N–H and O–H groups in total. The van der Waals surface area contributed by atoms with E-state index in [0.29, 0.717) is 11.0 Å². The third-order valence-electron chi connectivity index (χ3n) is 3.06. The lowest BCUT2D eigenvalue weighted by Gasteiger charge is -2.28. The lowest BCUT2D eigenvalue weighted by atomic mass is 10.2. The number of rotatable bonds is 7. The molecule has 0 spiro atoms. The lowest BCUT2D eigenvalue weighted by Crippen LogP contribution is -2.36. The molecule has 0 saturated heterocycles. The van der Waals surface area contributed by atoms with Gasteiger partial charge in [-0.25, -0.2) is 0 Å². The average Bonchev–Trinajstić information content (AvgIpc) is 3.08. The smallest absolute Gasteiger partial charge is 0.322 e. The van der Waals surface area contributed by atoms with Gasteiger partial charge in [-0.05, 0) is 24.3 Å². The largest absolute Gasteiger partial charge is 0.326 e. The topological polar surface area (TPSA) is 27.7 Å². The van der Waals surface area contributed by atoms with Gasteiger partial charge < -0.3 is 14.2 Å². The molecule has 1 fully saturated rings. The Hall–Kier alpha value is -0.0900. The maximum absolute atomic E-state index is 6.28. The number of unbranched alkanes of at least 4 members (excludes halogenated alkanes) is 1. The zero-order chi connectivity index (χ0) is 12.2. The van der Waals surface area contributed by atoms with Gasteiger partial charge in [0.15, 0.2) is 0 Å². The van der Waals surface area contributed by atoms with Crippen LogP contribution in [-0.4, -0.2) is 27.3 Å². The summed E-state index contributed by atoms with van der Waals surface area (Å²) < 4.78 is 15.7. The SMILES string of the molecule is CCCCC1CC1=C(Cl)C(OC)(OC)OC. The number of methoxy groups -OCH3 is 3. The summed E-state index contributed by atoms with van der Waals surface area (Å²) in [5.74, 6) is -0.620. The lowest BCUT2D eigenvalue weighted by molar-refractivity contribution is -0.322. The highest BCUT2D eigenvalue weighted by Crippen LogP contribution is 2.48. The van der Waals surface area contributed by atoms with Crippen LogP contribution in [0.3, 0.4) is 0 Å². The predicted octanol–water partition coefficient (Wildman–Crippen LogP) is 3.28. The Kier molecular flexibility index (Phi) is 5.25. The molecule has 1 atom stereocenters. The number of hydrogen-bond donors (Lipinski definition) is 0. The molecule has 1 unspecified atom stereocenters. The van der Waals surface area contributed by atoms with E-state index in [0.717, 1.165) is 6.42 Å². The van der Waals surface area contributed by atoms with Gasteiger partial charge in [0.25, 0.3) is 0 Å². The molecule has 1 aliphatic carbocycles. The molecule has 1 aliphatic rings. The molecule has 0 aliphatic heterocycles. The number of halogens is 1. The standard InChI is InChI=1S/C12H21ClO3/c1-5-6-7-9-8-10(9)11(13)12(14-2,15-3)16-4/h9H,5-8H2,1-4H3. The molecule has 0 aromatic heterocycles. The number of hydrogen-bond acceptors (Lipinski definition) is 3. The highest BCUT2D eigenvalue weighted by atomic mass is 35.5. The van der Waals surface area contributed by atoms with Crippen LogP contribution in [0.15, 0.2) is 10.6 Å². The summed E-state index contributed by atoms with van der Waals surface area (Å²) in [7, 11) is 4.58. The summed E-state index contributed by atoms with van der Waals surface area (Å²) in [6.45, 7) is 2.19. The maximum Gasteiger partial charge on any atom is 0.322 e. The highest BCUT2D eigenvalue weighted by Gasteiger charge is 2.43. The van der Waals surface area contributed by atoms with Crippen molar-refractivity contribution in [2.75, 3.05) is 21.3 Å². The Bertz CT molecular complexity index is 251. The van der Waals surface area contributed by atoms with Crippen LogP contribution in [0.5, 0.6) is 0 Å². The summed E-state index contributed by atoms with van der Waals surface area (Å²) in [6, 6.07) is 0. The Morgan fingerprint density at radius 2 is 1.88 bits per heavy atom. The van der Waals surface area contributed by atoms with Crippen molar-refractivity contribution in [3.05, 3.63) is 10.6 Å². The molecule has 0 aromatic rings. The first kappa shape index (κ1) is 14.0. The van der Waals surface area contributed by atoms with Gasteiger partial charge in [0.05, 0.1) is 0 Å². The second-order valence-electron chi connectivity index (χ2n) is 4.05. The summed E-state index contributed by atoms with van der Waals surface area (Å²) in [4.78, 5) is 0. The molecular weight excluding hydrogens is 228 g/mol. The second kappa shape index (κ2) is 6.01. The highest BCUT2D eigenvalue weighted by molar-refractivity contribution is 6.31. The fourth-order valence-corrected chi connectivity index (χ4v) is 2.38. The van der Waals surface area contributed by atoms with E-state index < -0.39 is 5.97 Å². The third-order valence-corrected chi connectivity index (χ3v) is 3.54. The van der Waals surface area contributed by atoms with Gasteiger partial charge >= 0.3 is 5.97 Å². The number of allylic oxidation sites excluding steroid dienone is 1. The van der Waals surface area contributed by atoms with Crippen LogP contribution < -0.4 is 0 Å². The quantitative estimate of drug-likeness (QED) is 0.647. The van der Waals surface area contributed by atoms with E-state index in [1.807, 2.05) is 0 Å². The van der Waals surface area contributed by atoms with E-state index in [-0.39, 0.29) is 0 Å². The van der Waals surface area contributed by atoms with E-state index in [2.05, 4.69) is 6.92 Å². The fourth-order valence-electron chi connectivity index (χ4n) is 1.92. The molecule has 4 heteroatoms. The van der Waals surface area contributed by atoms with Crippen molar-refractivity contribution in [1.29, 1.82) is 0 Å². The Balaban J connectivity index is 2.69. The zero-order valence-corrected chi connectivity index (χ0v) is 11.3. The Morgan fingerprint density at radius 1 is 1.31 bits per heavy atom. The van der Waals surface area contributed by atoms with E-state index >= 15 is 0 Å². The van der Waals surface area contributed by atoms with Crippen molar-refractivity contribution in [1.82, 2.24) is 0 Å². The van der Waals surface area contributed by atoms with Gasteiger partial charge in [0, 0.05) is 21.3 Å². The zero-order valence-electron chi connectivity index (χ0n) is 10.5. The Labute approximate surface area is 103 Å². The Morgan fingerprint density at radius 3 is 2.31 bits per heavy atom. The molecule has 0 amide bonds. The summed E-state index contributed by atoms with van der Waals surface area (Å²) in [6.07, 6.45) is 4.68. The minimum Gasteiger partial charge on any atom is -0.326 e. The van der Waals surface area contributed by atoms with Crippen molar-refractivity contribution in [3.8, 4) is 0 Å². The van der Waals surface area contributed by atoms with Crippen molar-refractivity contribution < 1.29 is 14.2 Å². The molecule has 94 valence electrons. The monoisotopic (exact) mass is 248 g/mol. The van der Waals surface area contributed by atoms with Crippen LogP contribution in [0.25, 0.3) is 0 Å². The first-order chi connectivity index (χ1) is 7.65. The minimum atomic E-state index is -1.21. The first-order valence-electron chi connectivity index (χ1n) is 5.69. The normalized spacial score (nSPS) is 23.4. The van der Waals surface area contributed by atoms with E-state index in [1.165, 1.54) is 46.2 Å². The van der Waals surface area contributed by atoms with E-state index in [9.17, 15) is 0 Å². The molecule has 0 heterocycles. The summed E-state index contributed by atoms with van der Waals surface area (Å²) >= 11 is 6.28. The molecule has 0 radical (unpaired) electrons. The molecule has 1 rings (SSSR count). The van der Waals surface area contributed by atoms with Crippen LogP contribution in [0.4, 0.5) is 0 Å². The molecular formula is C12H21ClO3. The van der Waals surface area contributed by atoms with Crippen molar-refractivity contribution in [3.63, 3.8) is 0 Å². The van der Waals surface area contributed by atoms with Crippen LogP contribution in [-0.2, 0) is 14.2 Å². The van der Waals surface area contributed by atoms with Gasteiger partial charge in [-0.2, -0.15) is 0 Å². The summed E-state index contributed by atoms with van der Waals surface area (Å²) in [5, 5.41) is 0.557. The maximum atomic E-state index is 6.28. The van der Waals surface area contributed by atoms with Crippen LogP contribution in [0.2, 0.25) is 0 Å². The molecule has 1 saturated carbocycles. The van der Waals surface area contributed by atoms with Gasteiger partial charge in [0.2, 0.25) is 0 Å². The molecule has 16 heavy (non-hydrogen) atoms. The molecule has 0 bridgehead atoms.